The van der Waals surface area contributed by atoms with E-state index in [2.05, 4.69) is 0 Å². The van der Waals surface area contributed by atoms with E-state index in [4.69, 9.17) is 4.74 Å². The minimum Gasteiger partial charge on any atom is -0.772 e. The Labute approximate surface area is 113 Å². The van der Waals surface area contributed by atoms with E-state index in [0.717, 1.165) is 0 Å². The molecule has 0 N–H and O–H groups in total. The maximum atomic E-state index is 12.6. The summed E-state index contributed by atoms with van der Waals surface area (Å²) in [5, 5.41) is 0. The molecule has 0 saturated carbocycles. The van der Waals surface area contributed by atoms with Crippen LogP contribution in [0, 0.1) is 5.82 Å². The van der Waals surface area contributed by atoms with Crippen molar-refractivity contribution in [1.82, 2.24) is 0 Å². The molecule has 0 aliphatic carbocycles. The average Bonchev–Trinajstić information content (AvgIpc) is 2.15. The smallest absolute Gasteiger partial charge is 0.772 e. The van der Waals surface area contributed by atoms with E-state index < -0.39 is 17.2 Å². The molecule has 0 bridgehead atoms. The van der Waals surface area contributed by atoms with Crippen LogP contribution in [0.25, 0.3) is 0 Å². The normalized spacial score (nSPS) is 14.1. The molecule has 0 fully saturated rings. The van der Waals surface area contributed by atoms with Crippen LogP contribution in [0.3, 0.4) is 0 Å². The van der Waals surface area contributed by atoms with E-state index in [0.29, 0.717) is 5.56 Å². The number of methoxy groups -OCH3 is 1. The third kappa shape index (κ3) is 5.19. The van der Waals surface area contributed by atoms with E-state index in [1.54, 1.807) is 0 Å². The van der Waals surface area contributed by atoms with Crippen molar-refractivity contribution in [3.05, 3.63) is 35.6 Å². The van der Waals surface area contributed by atoms with Crippen molar-refractivity contribution in [1.29, 1.82) is 0 Å². The third-order valence-electron chi connectivity index (χ3n) is 1.81. The van der Waals surface area contributed by atoms with Gasteiger partial charge in [-0.2, -0.15) is 0 Å². The van der Waals surface area contributed by atoms with Crippen molar-refractivity contribution in [3.8, 4) is 0 Å². The van der Waals surface area contributed by atoms with Crippen LogP contribution in [0.15, 0.2) is 24.3 Å². The third-order valence-corrected chi connectivity index (χ3v) is 2.39. The van der Waals surface area contributed by atoms with Gasteiger partial charge in [-0.15, -0.1) is 0 Å². The Morgan fingerprint density at radius 2 is 2.00 bits per heavy atom. The molecule has 1 rings (SSSR count). The molecule has 1 aromatic carbocycles. The van der Waals surface area contributed by atoms with E-state index >= 15 is 0 Å². The summed E-state index contributed by atoms with van der Waals surface area (Å²) in [6.45, 7) is 0. The molecule has 3 nitrogen and oxygen atoms in total. The Hall–Kier alpha value is 0.220. The largest absolute Gasteiger partial charge is 1.00 e. The molecule has 2 unspecified atom stereocenters. The summed E-state index contributed by atoms with van der Waals surface area (Å²) in [6, 6.07) is 5.57. The van der Waals surface area contributed by atoms with Crippen molar-refractivity contribution in [2.45, 2.75) is 6.10 Å². The second-order valence-corrected chi connectivity index (χ2v) is 3.69. The molecule has 0 aliphatic heterocycles. The number of halogens is 1. The number of rotatable bonds is 4. The number of hydrogen-bond donors (Lipinski definition) is 0. The second kappa shape index (κ2) is 7.49. The second-order valence-electron chi connectivity index (χ2n) is 2.75. The summed E-state index contributed by atoms with van der Waals surface area (Å²) >= 11 is -2.17. The monoisotopic (exact) mass is 240 g/mol. The van der Waals surface area contributed by atoms with Crippen molar-refractivity contribution >= 4 is 11.1 Å². The van der Waals surface area contributed by atoms with Crippen LogP contribution >= 0.6 is 0 Å². The van der Waals surface area contributed by atoms with Gasteiger partial charge in [-0.05, 0) is 17.7 Å². The molecule has 0 amide bonds. The van der Waals surface area contributed by atoms with Gasteiger partial charge in [-0.25, -0.2) is 4.39 Å². The fourth-order valence-electron chi connectivity index (χ4n) is 1.10. The average molecular weight is 240 g/mol. The molecular weight excluding hydrogens is 230 g/mol. The first-order chi connectivity index (χ1) is 6.63. The molecule has 0 spiro atoms. The quantitative estimate of drug-likeness (QED) is 0.470. The molecule has 15 heavy (non-hydrogen) atoms. The first-order valence-electron chi connectivity index (χ1n) is 3.97. The Kier molecular flexibility index (Phi) is 7.60. The van der Waals surface area contributed by atoms with Gasteiger partial charge >= 0.3 is 29.6 Å². The molecule has 2 atom stereocenters. The Morgan fingerprint density at radius 3 is 2.40 bits per heavy atom. The van der Waals surface area contributed by atoms with Crippen molar-refractivity contribution < 1.29 is 47.4 Å². The number of hydrogen-bond acceptors (Lipinski definition) is 3. The molecule has 6 heteroatoms. The van der Waals surface area contributed by atoms with Crippen molar-refractivity contribution in [2.24, 2.45) is 0 Å². The Morgan fingerprint density at radius 1 is 1.47 bits per heavy atom. The fourth-order valence-corrected chi connectivity index (χ4v) is 1.68. The minimum atomic E-state index is -2.17. The molecule has 0 saturated heterocycles. The van der Waals surface area contributed by atoms with Gasteiger partial charge in [-0.3, -0.25) is 4.21 Å². The topological polar surface area (TPSA) is 49.4 Å². The van der Waals surface area contributed by atoms with Crippen LogP contribution in [-0.4, -0.2) is 21.6 Å². The maximum absolute atomic E-state index is 12.6. The van der Waals surface area contributed by atoms with Gasteiger partial charge in [-0.1, -0.05) is 23.2 Å². The fraction of sp³-hybridized carbons (Fsp3) is 0.333. The molecule has 0 aromatic heterocycles. The van der Waals surface area contributed by atoms with Crippen LogP contribution in [0.5, 0.6) is 0 Å². The van der Waals surface area contributed by atoms with E-state index in [-0.39, 0.29) is 41.1 Å². The summed E-state index contributed by atoms with van der Waals surface area (Å²) in [5.41, 5.74) is 0.651. The van der Waals surface area contributed by atoms with Gasteiger partial charge in [0.25, 0.3) is 0 Å². The minimum absolute atomic E-state index is 0. The Balaban J connectivity index is 0.00000196. The number of benzene rings is 1. The zero-order valence-corrected chi connectivity index (χ0v) is 11.4. The summed E-state index contributed by atoms with van der Waals surface area (Å²) < 4.78 is 38.4. The summed E-state index contributed by atoms with van der Waals surface area (Å²) in [4.78, 5) is 0. The molecule has 1 aromatic rings. The van der Waals surface area contributed by atoms with E-state index in [9.17, 15) is 13.2 Å². The summed E-state index contributed by atoms with van der Waals surface area (Å²) in [6.07, 6.45) is -0.533. The van der Waals surface area contributed by atoms with Crippen molar-refractivity contribution in [2.75, 3.05) is 12.9 Å². The zero-order chi connectivity index (χ0) is 10.6. The predicted octanol–water partition coefficient (Wildman–Crippen LogP) is -1.60. The molecular formula is C9H10FNaO3S. The van der Waals surface area contributed by atoms with Crippen molar-refractivity contribution in [3.63, 3.8) is 0 Å². The molecule has 78 valence electrons. The first kappa shape index (κ1) is 15.2. The van der Waals surface area contributed by atoms with Gasteiger partial charge in [0, 0.05) is 12.9 Å². The van der Waals surface area contributed by atoms with Crippen LogP contribution in [0.1, 0.15) is 11.7 Å². The van der Waals surface area contributed by atoms with Crippen LogP contribution in [0.4, 0.5) is 4.39 Å². The van der Waals surface area contributed by atoms with Gasteiger partial charge in [0.05, 0.1) is 6.10 Å². The van der Waals surface area contributed by atoms with Gasteiger partial charge < -0.3 is 9.29 Å². The van der Waals surface area contributed by atoms with Crippen LogP contribution in [-0.2, 0) is 15.8 Å². The SMILES string of the molecule is COC(CS(=O)[O-])c1ccc(F)cc1.[Na+]. The van der Waals surface area contributed by atoms with Crippen LogP contribution < -0.4 is 29.6 Å². The maximum Gasteiger partial charge on any atom is 1.00 e. The molecule has 0 radical (unpaired) electrons. The van der Waals surface area contributed by atoms with E-state index in [1.807, 2.05) is 0 Å². The van der Waals surface area contributed by atoms with E-state index in [1.165, 1.54) is 31.4 Å². The van der Waals surface area contributed by atoms with Gasteiger partial charge in [0.2, 0.25) is 0 Å². The number of ether oxygens (including phenoxy) is 1. The summed E-state index contributed by atoms with van der Waals surface area (Å²) in [7, 11) is 1.42. The van der Waals surface area contributed by atoms with Gasteiger partial charge in [0.1, 0.15) is 5.82 Å². The van der Waals surface area contributed by atoms with Crippen LogP contribution in [0.2, 0.25) is 0 Å². The molecule has 0 aliphatic rings. The first-order valence-corrected chi connectivity index (χ1v) is 5.22. The predicted molar refractivity (Wildman–Crippen MR) is 49.9 cm³/mol. The van der Waals surface area contributed by atoms with Gasteiger partial charge in [0.15, 0.2) is 0 Å². The summed E-state index contributed by atoms with van der Waals surface area (Å²) in [5.74, 6) is -0.478. The zero-order valence-electron chi connectivity index (χ0n) is 8.60. The molecule has 0 heterocycles. The standard InChI is InChI=1S/C9H11FO3S.Na/c1-13-9(6-14(11)12)7-2-4-8(10)5-3-7;/h2-5,9H,6H2,1H3,(H,11,12);/q;+1/p-1. The Bertz CT molecular complexity index is 318.